The molecule has 0 aliphatic rings. The number of hydrogen-bond donors (Lipinski definition) is 0. The Kier molecular flexibility index (Phi) is 7.40. The van der Waals surface area contributed by atoms with E-state index >= 15 is 0 Å². The molecule has 0 radical (unpaired) electrons. The highest BCUT2D eigenvalue weighted by Gasteiger charge is 1.97. The van der Waals surface area contributed by atoms with Crippen molar-refractivity contribution in [2.45, 2.75) is 40.0 Å². The van der Waals surface area contributed by atoms with E-state index < -0.39 is 0 Å². The molecule has 19 heavy (non-hydrogen) atoms. The third kappa shape index (κ3) is 6.09. The molecular formula is C16H23NO2. The predicted molar refractivity (Wildman–Crippen MR) is 77.5 cm³/mol. The van der Waals surface area contributed by atoms with Crippen molar-refractivity contribution >= 4 is 0 Å². The van der Waals surface area contributed by atoms with E-state index in [1.807, 2.05) is 32.0 Å². The summed E-state index contributed by atoms with van der Waals surface area (Å²) in [6.45, 7) is 6.82. The molecule has 2 rings (SSSR count). The topological polar surface area (TPSA) is 35.3 Å². The minimum atomic E-state index is 0.751. The number of hydrogen-bond acceptors (Lipinski definition) is 3. The lowest BCUT2D eigenvalue weighted by Crippen LogP contribution is -1.98. The molecule has 3 nitrogen and oxygen atoms in total. The number of nitrogens with zero attached hydrogens (tertiary/aromatic N) is 1. The molecule has 0 atom stereocenters. The van der Waals surface area contributed by atoms with Gasteiger partial charge in [0.05, 0.1) is 12.3 Å². The highest BCUT2D eigenvalue weighted by atomic mass is 16.5. The fraction of sp³-hybridized carbons (Fsp3) is 0.438. The van der Waals surface area contributed by atoms with E-state index in [0.29, 0.717) is 0 Å². The van der Waals surface area contributed by atoms with Gasteiger partial charge in [-0.3, -0.25) is 0 Å². The van der Waals surface area contributed by atoms with Gasteiger partial charge >= 0.3 is 0 Å². The van der Waals surface area contributed by atoms with Crippen molar-refractivity contribution < 1.29 is 9.26 Å². The van der Waals surface area contributed by atoms with Crippen LogP contribution < -0.4 is 4.74 Å². The second kappa shape index (κ2) is 9.20. The first-order valence-electron chi connectivity index (χ1n) is 6.93. The first-order chi connectivity index (χ1) is 9.34. The van der Waals surface area contributed by atoms with Crippen LogP contribution in [0.4, 0.5) is 0 Å². The smallest absolute Gasteiger partial charge is 0.124 e. The van der Waals surface area contributed by atoms with Crippen molar-refractivity contribution in [3.8, 4) is 5.75 Å². The molecule has 0 aliphatic heterocycles. The third-order valence-electron chi connectivity index (χ3n) is 2.61. The summed E-state index contributed by atoms with van der Waals surface area (Å²) in [6.07, 6.45) is 4.66. The summed E-state index contributed by atoms with van der Waals surface area (Å²) in [6, 6.07) is 10.0. The van der Waals surface area contributed by atoms with Gasteiger partial charge in [0.1, 0.15) is 12.0 Å². The monoisotopic (exact) mass is 261 g/mol. The Balaban J connectivity index is 0.000000861. The Hall–Kier alpha value is -1.77. The zero-order chi connectivity index (χ0) is 13.9. The number of rotatable bonds is 6. The maximum Gasteiger partial charge on any atom is 0.124 e. The average molecular weight is 261 g/mol. The van der Waals surface area contributed by atoms with E-state index in [1.165, 1.54) is 5.56 Å². The molecule has 0 aliphatic carbocycles. The zero-order valence-electron chi connectivity index (χ0n) is 12.1. The van der Waals surface area contributed by atoms with Crippen LogP contribution in [0.15, 0.2) is 41.1 Å². The maximum atomic E-state index is 5.64. The van der Waals surface area contributed by atoms with Crippen LogP contribution in [0, 0.1) is 6.92 Å². The molecule has 0 unspecified atom stereocenters. The van der Waals surface area contributed by atoms with E-state index in [9.17, 15) is 0 Å². The highest BCUT2D eigenvalue weighted by molar-refractivity contribution is 5.26. The molecule has 0 fully saturated rings. The maximum absolute atomic E-state index is 5.64. The van der Waals surface area contributed by atoms with Crippen LogP contribution in [0.5, 0.6) is 5.75 Å². The van der Waals surface area contributed by atoms with Crippen LogP contribution in [0.2, 0.25) is 0 Å². The lowest BCUT2D eigenvalue weighted by atomic mass is 10.2. The molecular weight excluding hydrogens is 238 g/mol. The summed E-state index contributed by atoms with van der Waals surface area (Å²) in [5.74, 6) is 0.942. The van der Waals surface area contributed by atoms with E-state index in [1.54, 1.807) is 6.26 Å². The standard InChI is InChI=1S/C14H17NO2.C2H6/c1-12-5-7-14(8-6-12)16-10-3-2-4-13-9-11-17-15-13;1-2/h5-9,11H,2-4,10H2,1H3;1-2H3. The second-order valence-corrected chi connectivity index (χ2v) is 4.11. The van der Waals surface area contributed by atoms with E-state index in [-0.39, 0.29) is 0 Å². The van der Waals surface area contributed by atoms with Crippen molar-refractivity contribution in [1.82, 2.24) is 5.16 Å². The fourth-order valence-corrected chi connectivity index (χ4v) is 1.60. The second-order valence-electron chi connectivity index (χ2n) is 4.11. The van der Waals surface area contributed by atoms with Crippen molar-refractivity contribution in [2.24, 2.45) is 0 Å². The van der Waals surface area contributed by atoms with Gasteiger partial charge in [0.2, 0.25) is 0 Å². The minimum Gasteiger partial charge on any atom is -0.494 e. The number of benzene rings is 1. The SMILES string of the molecule is CC.Cc1ccc(OCCCCc2ccon2)cc1. The zero-order valence-corrected chi connectivity index (χ0v) is 12.1. The van der Waals surface area contributed by atoms with Gasteiger partial charge in [-0.15, -0.1) is 0 Å². The van der Waals surface area contributed by atoms with Gasteiger partial charge in [-0.2, -0.15) is 0 Å². The van der Waals surface area contributed by atoms with Crippen LogP contribution in [-0.4, -0.2) is 11.8 Å². The fourth-order valence-electron chi connectivity index (χ4n) is 1.60. The van der Waals surface area contributed by atoms with Gasteiger partial charge in [-0.1, -0.05) is 36.7 Å². The molecule has 0 bridgehead atoms. The van der Waals surface area contributed by atoms with Gasteiger partial charge in [0.15, 0.2) is 0 Å². The number of unbranched alkanes of at least 4 members (excludes halogenated alkanes) is 1. The molecule has 1 aromatic heterocycles. The first-order valence-corrected chi connectivity index (χ1v) is 6.93. The Morgan fingerprint density at radius 2 is 1.79 bits per heavy atom. The lowest BCUT2D eigenvalue weighted by Gasteiger charge is -2.05. The van der Waals surface area contributed by atoms with Crippen molar-refractivity contribution in [1.29, 1.82) is 0 Å². The average Bonchev–Trinajstić information content (AvgIpc) is 2.96. The molecule has 0 N–H and O–H groups in total. The van der Waals surface area contributed by atoms with Gasteiger partial charge in [-0.25, -0.2) is 0 Å². The largest absolute Gasteiger partial charge is 0.494 e. The van der Waals surface area contributed by atoms with Crippen LogP contribution in [0.25, 0.3) is 0 Å². The Morgan fingerprint density at radius 1 is 1.05 bits per heavy atom. The lowest BCUT2D eigenvalue weighted by molar-refractivity contribution is 0.306. The molecule has 0 saturated heterocycles. The summed E-state index contributed by atoms with van der Waals surface area (Å²) < 4.78 is 10.4. The summed E-state index contributed by atoms with van der Waals surface area (Å²) in [5.41, 5.74) is 2.27. The number of aryl methyl sites for hydroxylation is 2. The van der Waals surface area contributed by atoms with Crippen LogP contribution in [0.1, 0.15) is 37.9 Å². The summed E-state index contributed by atoms with van der Waals surface area (Å²) in [4.78, 5) is 0. The molecule has 104 valence electrons. The van der Waals surface area contributed by atoms with Gasteiger partial charge in [-0.05, 0) is 38.3 Å². The molecule has 3 heteroatoms. The van der Waals surface area contributed by atoms with Gasteiger partial charge in [0.25, 0.3) is 0 Å². The van der Waals surface area contributed by atoms with E-state index in [0.717, 1.165) is 37.3 Å². The molecule has 0 spiro atoms. The van der Waals surface area contributed by atoms with Crippen molar-refractivity contribution in [2.75, 3.05) is 6.61 Å². The minimum absolute atomic E-state index is 0.751. The number of ether oxygens (including phenoxy) is 1. The summed E-state index contributed by atoms with van der Waals surface area (Å²) >= 11 is 0. The van der Waals surface area contributed by atoms with Crippen molar-refractivity contribution in [3.63, 3.8) is 0 Å². The van der Waals surface area contributed by atoms with Gasteiger partial charge < -0.3 is 9.26 Å². The quantitative estimate of drug-likeness (QED) is 0.722. The van der Waals surface area contributed by atoms with Crippen LogP contribution in [0.3, 0.4) is 0 Å². The Labute approximate surface area is 115 Å². The van der Waals surface area contributed by atoms with E-state index in [2.05, 4.69) is 24.2 Å². The van der Waals surface area contributed by atoms with Gasteiger partial charge in [0, 0.05) is 6.07 Å². The highest BCUT2D eigenvalue weighted by Crippen LogP contribution is 2.12. The summed E-state index contributed by atoms with van der Waals surface area (Å²) in [7, 11) is 0. The molecule has 0 saturated carbocycles. The molecule has 1 heterocycles. The molecule has 0 amide bonds. The first kappa shape index (κ1) is 15.3. The van der Waals surface area contributed by atoms with Crippen LogP contribution >= 0.6 is 0 Å². The number of aromatic nitrogens is 1. The summed E-state index contributed by atoms with van der Waals surface area (Å²) in [5, 5.41) is 3.87. The van der Waals surface area contributed by atoms with E-state index in [4.69, 9.17) is 9.26 Å². The Morgan fingerprint density at radius 3 is 2.42 bits per heavy atom. The van der Waals surface area contributed by atoms with Crippen molar-refractivity contribution in [3.05, 3.63) is 47.9 Å². The Bertz CT molecular complexity index is 421. The van der Waals surface area contributed by atoms with Crippen LogP contribution in [-0.2, 0) is 6.42 Å². The molecule has 1 aromatic carbocycles. The third-order valence-corrected chi connectivity index (χ3v) is 2.61. The normalized spacial score (nSPS) is 9.63. The molecule has 2 aromatic rings. The predicted octanol–water partition coefficient (Wildman–Crippen LogP) is 4.41.